The van der Waals surface area contributed by atoms with Crippen LogP contribution in [0.2, 0.25) is 0 Å². The van der Waals surface area contributed by atoms with E-state index < -0.39 is 11.3 Å². The smallest absolute Gasteiger partial charge is 0.321 e. The summed E-state index contributed by atoms with van der Waals surface area (Å²) in [5.74, 6) is 0.319. The van der Waals surface area contributed by atoms with Crippen LogP contribution in [0.1, 0.15) is 39.0 Å². The fourth-order valence-corrected chi connectivity index (χ4v) is 4.24. The van der Waals surface area contributed by atoms with E-state index in [1.165, 1.54) is 18.2 Å². The number of aromatic nitrogens is 4. The highest BCUT2D eigenvalue weighted by atomic mass is 32.2. The summed E-state index contributed by atoms with van der Waals surface area (Å²) < 4.78 is 7.12. The molecule has 30 heavy (non-hydrogen) atoms. The van der Waals surface area contributed by atoms with Crippen LogP contribution in [0.3, 0.4) is 0 Å². The highest BCUT2D eigenvalue weighted by Crippen LogP contribution is 2.26. The molecule has 10 heteroatoms. The lowest BCUT2D eigenvalue weighted by Gasteiger charge is -2.23. The molecule has 3 rings (SSSR count). The predicted octanol–water partition coefficient (Wildman–Crippen LogP) is 2.63. The van der Waals surface area contributed by atoms with Crippen molar-refractivity contribution in [3.05, 3.63) is 24.5 Å². The first kappa shape index (κ1) is 22.2. The van der Waals surface area contributed by atoms with Crippen molar-refractivity contribution in [1.82, 2.24) is 30.4 Å². The summed E-state index contributed by atoms with van der Waals surface area (Å²) >= 11 is 1.26. The molecule has 1 unspecified atom stereocenters. The van der Waals surface area contributed by atoms with E-state index in [4.69, 9.17) is 4.74 Å². The van der Waals surface area contributed by atoms with Crippen molar-refractivity contribution >= 4 is 23.7 Å². The lowest BCUT2D eigenvalue weighted by atomic mass is 9.96. The fourth-order valence-electron chi connectivity index (χ4n) is 3.37. The predicted molar refractivity (Wildman–Crippen MR) is 114 cm³/mol. The Bertz CT molecular complexity index is 838. The topological polar surface area (TPSA) is 111 Å². The van der Waals surface area contributed by atoms with Gasteiger partial charge >= 0.3 is 6.03 Å². The van der Waals surface area contributed by atoms with Gasteiger partial charge in [-0.05, 0) is 31.9 Å². The van der Waals surface area contributed by atoms with Gasteiger partial charge in [0.1, 0.15) is 0 Å². The van der Waals surface area contributed by atoms with Crippen molar-refractivity contribution in [3.63, 3.8) is 0 Å². The number of pyridine rings is 1. The minimum Gasteiger partial charge on any atom is -0.383 e. The molecular formula is C20H28N6O3S. The largest absolute Gasteiger partial charge is 0.383 e. The zero-order valence-electron chi connectivity index (χ0n) is 17.3. The summed E-state index contributed by atoms with van der Waals surface area (Å²) in [5.41, 5.74) is 0.879. The molecule has 0 spiro atoms. The SMILES string of the molecule is COCCn1c(SC(C)C(=O)NC(=O)NC2CCCCC2)nnc1-c1ccncc1. The van der Waals surface area contributed by atoms with Crippen LogP contribution in [0.5, 0.6) is 0 Å². The number of ether oxygens (including phenoxy) is 1. The molecule has 1 saturated carbocycles. The van der Waals surface area contributed by atoms with Crippen molar-refractivity contribution in [2.75, 3.05) is 13.7 Å². The molecule has 0 bridgehead atoms. The summed E-state index contributed by atoms with van der Waals surface area (Å²) in [6.07, 6.45) is 8.75. The molecule has 2 aromatic heterocycles. The van der Waals surface area contributed by atoms with Crippen molar-refractivity contribution in [2.24, 2.45) is 0 Å². The Morgan fingerprint density at radius 1 is 1.23 bits per heavy atom. The third kappa shape index (κ3) is 6.02. The summed E-state index contributed by atoms with van der Waals surface area (Å²) in [5, 5.41) is 14.0. The normalized spacial score (nSPS) is 15.5. The maximum atomic E-state index is 12.5. The second-order valence-electron chi connectivity index (χ2n) is 7.24. The molecule has 0 radical (unpaired) electrons. The van der Waals surface area contributed by atoms with E-state index in [2.05, 4.69) is 25.8 Å². The molecule has 0 saturated heterocycles. The number of hydrogen-bond acceptors (Lipinski definition) is 7. The standard InChI is InChI=1S/C20H28N6O3S/c1-14(18(27)23-19(28)22-16-6-4-3-5-7-16)30-20-25-24-17(26(20)12-13-29-2)15-8-10-21-11-9-15/h8-11,14,16H,3-7,12-13H2,1-2H3,(H2,22,23,27,28). The number of hydrogen-bond donors (Lipinski definition) is 2. The van der Waals surface area contributed by atoms with Gasteiger partial charge in [0, 0.05) is 31.1 Å². The number of carbonyl (C=O) groups is 2. The Kier molecular flexibility index (Phi) is 8.21. The zero-order valence-corrected chi connectivity index (χ0v) is 18.2. The number of rotatable bonds is 8. The van der Waals surface area contributed by atoms with E-state index in [0.717, 1.165) is 31.2 Å². The summed E-state index contributed by atoms with van der Waals surface area (Å²) in [7, 11) is 1.63. The number of imide groups is 1. The van der Waals surface area contributed by atoms with Crippen LogP contribution in [0.15, 0.2) is 29.7 Å². The number of methoxy groups -OCH3 is 1. The van der Waals surface area contributed by atoms with E-state index in [-0.39, 0.29) is 11.9 Å². The molecule has 1 atom stereocenters. The van der Waals surface area contributed by atoms with Crippen LogP contribution in [0.4, 0.5) is 4.79 Å². The second kappa shape index (κ2) is 11.1. The quantitative estimate of drug-likeness (QED) is 0.617. The van der Waals surface area contributed by atoms with Crippen LogP contribution in [-0.4, -0.2) is 56.7 Å². The van der Waals surface area contributed by atoms with Crippen LogP contribution >= 0.6 is 11.8 Å². The van der Waals surface area contributed by atoms with E-state index in [9.17, 15) is 9.59 Å². The number of amides is 3. The zero-order chi connectivity index (χ0) is 21.3. The Labute approximate surface area is 180 Å². The molecule has 1 fully saturated rings. The number of carbonyl (C=O) groups excluding carboxylic acids is 2. The maximum Gasteiger partial charge on any atom is 0.321 e. The molecule has 3 amide bonds. The third-order valence-corrected chi connectivity index (χ3v) is 6.08. The fraction of sp³-hybridized carbons (Fsp3) is 0.550. The number of nitrogens with one attached hydrogen (secondary N) is 2. The number of urea groups is 1. The molecule has 162 valence electrons. The molecule has 2 aromatic rings. The summed E-state index contributed by atoms with van der Waals surface area (Å²) in [4.78, 5) is 28.7. The first-order valence-corrected chi connectivity index (χ1v) is 11.1. The highest BCUT2D eigenvalue weighted by molar-refractivity contribution is 8.00. The Morgan fingerprint density at radius 3 is 2.67 bits per heavy atom. The minimum absolute atomic E-state index is 0.148. The van der Waals surface area contributed by atoms with Crippen LogP contribution < -0.4 is 10.6 Å². The molecule has 1 aliphatic carbocycles. The van der Waals surface area contributed by atoms with Crippen LogP contribution in [0, 0.1) is 0 Å². The van der Waals surface area contributed by atoms with E-state index >= 15 is 0 Å². The van der Waals surface area contributed by atoms with Crippen molar-refractivity contribution < 1.29 is 14.3 Å². The lowest BCUT2D eigenvalue weighted by molar-refractivity contribution is -0.119. The Balaban J connectivity index is 1.63. The van der Waals surface area contributed by atoms with Gasteiger partial charge in [-0.2, -0.15) is 0 Å². The first-order chi connectivity index (χ1) is 14.6. The van der Waals surface area contributed by atoms with Gasteiger partial charge in [-0.1, -0.05) is 31.0 Å². The lowest BCUT2D eigenvalue weighted by Crippen LogP contribution is -2.47. The van der Waals surface area contributed by atoms with E-state index in [0.29, 0.717) is 24.1 Å². The molecule has 0 aliphatic heterocycles. The molecular weight excluding hydrogens is 404 g/mol. The van der Waals surface area contributed by atoms with Gasteiger partial charge in [0.25, 0.3) is 0 Å². The van der Waals surface area contributed by atoms with Crippen molar-refractivity contribution in [1.29, 1.82) is 0 Å². The maximum absolute atomic E-state index is 12.5. The monoisotopic (exact) mass is 432 g/mol. The summed E-state index contributed by atoms with van der Waals surface area (Å²) in [6.45, 7) is 2.77. The highest BCUT2D eigenvalue weighted by Gasteiger charge is 2.23. The van der Waals surface area contributed by atoms with Crippen LogP contribution in [-0.2, 0) is 16.1 Å². The molecule has 0 aromatic carbocycles. The summed E-state index contributed by atoms with van der Waals surface area (Å²) in [6, 6.07) is 3.42. The Morgan fingerprint density at radius 2 is 1.97 bits per heavy atom. The van der Waals surface area contributed by atoms with Gasteiger partial charge in [0.15, 0.2) is 11.0 Å². The number of nitrogens with zero attached hydrogens (tertiary/aromatic N) is 4. The van der Waals surface area contributed by atoms with E-state index in [1.807, 2.05) is 16.7 Å². The van der Waals surface area contributed by atoms with Gasteiger partial charge in [-0.3, -0.25) is 19.7 Å². The third-order valence-electron chi connectivity index (χ3n) is 5.00. The Hall–Kier alpha value is -2.46. The molecule has 1 aliphatic rings. The van der Waals surface area contributed by atoms with Gasteiger partial charge < -0.3 is 10.1 Å². The molecule has 2 heterocycles. The van der Waals surface area contributed by atoms with Crippen molar-refractivity contribution in [2.45, 2.75) is 62.0 Å². The van der Waals surface area contributed by atoms with Gasteiger partial charge in [-0.25, -0.2) is 4.79 Å². The molecule has 9 nitrogen and oxygen atoms in total. The second-order valence-corrected chi connectivity index (χ2v) is 8.55. The minimum atomic E-state index is -0.516. The first-order valence-electron chi connectivity index (χ1n) is 10.2. The van der Waals surface area contributed by atoms with Gasteiger partial charge in [-0.15, -0.1) is 10.2 Å². The number of thioether (sulfide) groups is 1. The van der Waals surface area contributed by atoms with Gasteiger partial charge in [0.05, 0.1) is 18.4 Å². The molecule has 2 N–H and O–H groups in total. The average molecular weight is 433 g/mol. The van der Waals surface area contributed by atoms with E-state index in [1.54, 1.807) is 26.4 Å². The van der Waals surface area contributed by atoms with Crippen LogP contribution in [0.25, 0.3) is 11.4 Å². The van der Waals surface area contributed by atoms with Gasteiger partial charge in [0.2, 0.25) is 5.91 Å². The average Bonchev–Trinajstić information content (AvgIpc) is 3.15. The van der Waals surface area contributed by atoms with Crippen molar-refractivity contribution in [3.8, 4) is 11.4 Å².